The van der Waals surface area contributed by atoms with Crippen LogP contribution in [-0.4, -0.2) is 140 Å². The Hall–Kier alpha value is -2.57. The van der Waals surface area contributed by atoms with Crippen molar-refractivity contribution in [3.63, 3.8) is 0 Å². The van der Waals surface area contributed by atoms with E-state index in [-0.39, 0.29) is 18.9 Å². The fraction of sp³-hybridized carbons (Fsp3) is 0.776. The summed E-state index contributed by atoms with van der Waals surface area (Å²) in [6.45, 7) is 2.62. The third-order valence-electron chi connectivity index (χ3n) is 13.4. The molecule has 2 fully saturated rings. The molecule has 2 heterocycles. The topological polar surface area (TPSA) is 228 Å². The second-order valence-corrected chi connectivity index (χ2v) is 19.7. The Kier molecular flexibility index (Phi) is 39.7. The highest BCUT2D eigenvalue weighted by Gasteiger charge is 2.51. The van der Waals surface area contributed by atoms with Crippen LogP contribution in [0.15, 0.2) is 72.9 Å². The van der Waals surface area contributed by atoms with E-state index in [4.69, 9.17) is 18.9 Å². The van der Waals surface area contributed by atoms with Crippen molar-refractivity contribution in [3.05, 3.63) is 72.9 Å². The fourth-order valence-corrected chi connectivity index (χ4v) is 8.83. The lowest BCUT2D eigenvalue weighted by atomic mass is 9.97. The first kappa shape index (κ1) is 65.5. The molecule has 1 amide bonds. The fourth-order valence-electron chi connectivity index (χ4n) is 8.83. The SMILES string of the molecule is CC/C=C\C/C=C\C/C=C\C/C=C\CCCCCCCCCCCCCCCCC(=O)NC(COC1OC(CO)C(OC2OC(CO)C(O)C(O)C2O)C(O)C1O)C(O)/C=C/CC/C=C/CCCCCCC. The van der Waals surface area contributed by atoms with E-state index in [1.54, 1.807) is 6.08 Å². The van der Waals surface area contributed by atoms with Crippen molar-refractivity contribution in [1.29, 1.82) is 0 Å². The van der Waals surface area contributed by atoms with E-state index < -0.39 is 86.8 Å². The number of aliphatic hydroxyl groups is 8. The first-order chi connectivity index (χ1) is 35.1. The number of carbonyl (C=O) groups is 1. The van der Waals surface area contributed by atoms with E-state index >= 15 is 0 Å². The average Bonchev–Trinajstić information content (AvgIpc) is 3.38. The number of amides is 1. The summed E-state index contributed by atoms with van der Waals surface area (Å²) in [5, 5.41) is 86.8. The largest absolute Gasteiger partial charge is 0.394 e. The predicted octanol–water partition coefficient (Wildman–Crippen LogP) is 8.77. The molecular weight excluding hydrogens is 919 g/mol. The van der Waals surface area contributed by atoms with Crippen molar-refractivity contribution in [2.45, 2.75) is 267 Å². The van der Waals surface area contributed by atoms with Gasteiger partial charge in [-0.2, -0.15) is 0 Å². The number of nitrogens with one attached hydrogen (secondary N) is 1. The Morgan fingerprint density at radius 1 is 0.514 bits per heavy atom. The molecule has 14 heteroatoms. The van der Waals surface area contributed by atoms with Crippen molar-refractivity contribution in [3.8, 4) is 0 Å². The van der Waals surface area contributed by atoms with Crippen molar-refractivity contribution in [2.24, 2.45) is 0 Å². The van der Waals surface area contributed by atoms with Gasteiger partial charge in [0.15, 0.2) is 12.6 Å². The number of rotatable bonds is 43. The summed E-state index contributed by atoms with van der Waals surface area (Å²) in [6, 6.07) is -0.933. The lowest BCUT2D eigenvalue weighted by Crippen LogP contribution is -2.65. The number of hydrogen-bond donors (Lipinski definition) is 9. The first-order valence-electron chi connectivity index (χ1n) is 28.2. The summed E-state index contributed by atoms with van der Waals surface area (Å²) >= 11 is 0. The van der Waals surface area contributed by atoms with Gasteiger partial charge in [-0.05, 0) is 70.6 Å². The maximum atomic E-state index is 13.2. The van der Waals surface area contributed by atoms with Gasteiger partial charge in [0.25, 0.3) is 0 Å². The molecule has 416 valence electrons. The average molecular weight is 1020 g/mol. The van der Waals surface area contributed by atoms with Gasteiger partial charge in [-0.15, -0.1) is 0 Å². The van der Waals surface area contributed by atoms with Gasteiger partial charge in [0.05, 0.1) is 32.0 Å². The van der Waals surface area contributed by atoms with Gasteiger partial charge >= 0.3 is 0 Å². The standard InChI is InChI=1S/C58H101NO13/c1-3-5-7-9-11-13-15-16-17-18-19-20-21-22-23-24-25-26-27-28-29-30-32-34-36-38-40-42-50(63)59-46(47(62)41-39-37-35-33-31-14-12-10-8-6-4-2)45-69-57-55(68)53(66)56(49(44-61)71-57)72-58-54(67)52(65)51(64)48(43-60)70-58/h5,7,11,13,16-17,19-20,31,33,39,41,46-49,51-58,60-62,64-68H,3-4,6,8-10,12,14-15,18,21-30,32,34-38,40,42-45H2,1-2H3,(H,59,63)/b7-5-,13-11-,17-16-,20-19-,33-31+,41-39+. The predicted molar refractivity (Wildman–Crippen MR) is 286 cm³/mol. The molecule has 72 heavy (non-hydrogen) atoms. The van der Waals surface area contributed by atoms with Crippen LogP contribution in [0, 0.1) is 0 Å². The zero-order valence-electron chi connectivity index (χ0n) is 44.4. The van der Waals surface area contributed by atoms with Crippen molar-refractivity contribution in [2.75, 3.05) is 19.8 Å². The van der Waals surface area contributed by atoms with Crippen LogP contribution < -0.4 is 5.32 Å². The Morgan fingerprint density at radius 3 is 1.53 bits per heavy atom. The summed E-state index contributed by atoms with van der Waals surface area (Å²) in [6.07, 6.45) is 39.6. The third-order valence-corrected chi connectivity index (χ3v) is 13.4. The molecular formula is C58H101NO13. The van der Waals surface area contributed by atoms with Crippen LogP contribution in [0.1, 0.15) is 194 Å². The van der Waals surface area contributed by atoms with Crippen LogP contribution >= 0.6 is 0 Å². The Labute approximate surface area is 434 Å². The van der Waals surface area contributed by atoms with Crippen LogP contribution in [0.3, 0.4) is 0 Å². The molecule has 2 aliphatic rings. The summed E-state index contributed by atoms with van der Waals surface area (Å²) in [7, 11) is 0. The number of aliphatic hydroxyl groups excluding tert-OH is 8. The lowest BCUT2D eigenvalue weighted by molar-refractivity contribution is -0.359. The summed E-state index contributed by atoms with van der Waals surface area (Å²) in [5.41, 5.74) is 0. The molecule has 14 nitrogen and oxygen atoms in total. The highest BCUT2D eigenvalue weighted by atomic mass is 16.7. The van der Waals surface area contributed by atoms with Gasteiger partial charge in [-0.25, -0.2) is 0 Å². The highest BCUT2D eigenvalue weighted by Crippen LogP contribution is 2.30. The minimum Gasteiger partial charge on any atom is -0.394 e. The van der Waals surface area contributed by atoms with E-state index in [1.807, 2.05) is 6.08 Å². The van der Waals surface area contributed by atoms with Gasteiger partial charge < -0.3 is 65.1 Å². The zero-order valence-corrected chi connectivity index (χ0v) is 44.4. The number of carbonyl (C=O) groups excluding carboxylic acids is 1. The van der Waals surface area contributed by atoms with Crippen molar-refractivity contribution in [1.82, 2.24) is 5.32 Å². The van der Waals surface area contributed by atoms with Crippen LogP contribution in [0.4, 0.5) is 0 Å². The van der Waals surface area contributed by atoms with E-state index in [2.05, 4.69) is 79.9 Å². The number of allylic oxidation sites excluding steroid dienone is 11. The summed E-state index contributed by atoms with van der Waals surface area (Å²) in [4.78, 5) is 13.2. The molecule has 2 rings (SSSR count). The minimum atomic E-state index is -1.79. The highest BCUT2D eigenvalue weighted by molar-refractivity contribution is 5.76. The molecule has 12 atom stereocenters. The Bertz CT molecular complexity index is 1480. The second kappa shape index (κ2) is 43.6. The molecule has 0 aromatic heterocycles. The first-order valence-corrected chi connectivity index (χ1v) is 28.2. The van der Waals surface area contributed by atoms with E-state index in [0.717, 1.165) is 57.8 Å². The molecule has 2 aliphatic heterocycles. The Morgan fingerprint density at radius 2 is 0.972 bits per heavy atom. The third kappa shape index (κ3) is 29.5. The molecule has 0 saturated carbocycles. The van der Waals surface area contributed by atoms with Gasteiger partial charge in [0.2, 0.25) is 5.91 Å². The maximum absolute atomic E-state index is 13.2. The molecule has 2 saturated heterocycles. The maximum Gasteiger partial charge on any atom is 0.220 e. The van der Waals surface area contributed by atoms with Gasteiger partial charge in [-0.3, -0.25) is 4.79 Å². The number of ether oxygens (including phenoxy) is 4. The Balaban J connectivity index is 1.71. The number of hydrogen-bond acceptors (Lipinski definition) is 13. The van der Waals surface area contributed by atoms with Gasteiger partial charge in [0, 0.05) is 6.42 Å². The minimum absolute atomic E-state index is 0.254. The zero-order chi connectivity index (χ0) is 52.4. The van der Waals surface area contributed by atoms with Crippen LogP contribution in [0.5, 0.6) is 0 Å². The molecule has 0 aromatic rings. The van der Waals surface area contributed by atoms with E-state index in [9.17, 15) is 45.6 Å². The van der Waals surface area contributed by atoms with E-state index in [1.165, 1.54) is 103 Å². The van der Waals surface area contributed by atoms with Crippen LogP contribution in [-0.2, 0) is 23.7 Å². The summed E-state index contributed by atoms with van der Waals surface area (Å²) < 4.78 is 22.7. The van der Waals surface area contributed by atoms with Gasteiger partial charge in [0.1, 0.15) is 48.8 Å². The quantitative estimate of drug-likeness (QED) is 0.0206. The molecule has 9 N–H and O–H groups in total. The van der Waals surface area contributed by atoms with Crippen molar-refractivity contribution >= 4 is 5.91 Å². The van der Waals surface area contributed by atoms with Crippen molar-refractivity contribution < 1.29 is 64.6 Å². The molecule has 0 bridgehead atoms. The second-order valence-electron chi connectivity index (χ2n) is 19.7. The smallest absolute Gasteiger partial charge is 0.220 e. The molecule has 0 aromatic carbocycles. The normalized spacial score (nSPS) is 26.1. The van der Waals surface area contributed by atoms with E-state index in [0.29, 0.717) is 12.8 Å². The monoisotopic (exact) mass is 1020 g/mol. The molecule has 0 radical (unpaired) electrons. The number of unbranched alkanes of at least 4 members (excludes halogenated alkanes) is 20. The van der Waals surface area contributed by atoms with Gasteiger partial charge in [-0.1, -0.05) is 189 Å². The molecule has 12 unspecified atom stereocenters. The summed E-state index contributed by atoms with van der Waals surface area (Å²) in [5.74, 6) is -0.254. The van der Waals surface area contributed by atoms with Crippen LogP contribution in [0.25, 0.3) is 0 Å². The molecule has 0 aliphatic carbocycles. The van der Waals surface area contributed by atoms with Crippen LogP contribution in [0.2, 0.25) is 0 Å². The molecule has 0 spiro atoms. The lowest BCUT2D eigenvalue weighted by Gasteiger charge is -2.46.